The highest BCUT2D eigenvalue weighted by Crippen LogP contribution is 2.33. The number of likely N-dealkylation sites (tertiary alicyclic amines) is 1. The first kappa shape index (κ1) is 23.5. The number of anilines is 1. The molecule has 0 aliphatic carbocycles. The Hall–Kier alpha value is -3.88. The molecule has 1 N–H and O–H groups in total. The number of carbonyl (C=O) groups is 1. The quantitative estimate of drug-likeness (QED) is 0.416. The van der Waals surface area contributed by atoms with E-state index < -0.39 is 5.91 Å². The lowest BCUT2D eigenvalue weighted by Crippen LogP contribution is -2.39. The Kier molecular flexibility index (Phi) is 6.28. The fourth-order valence-electron chi connectivity index (χ4n) is 5.01. The van der Waals surface area contributed by atoms with E-state index >= 15 is 0 Å². The second-order valence-electron chi connectivity index (χ2n) is 9.32. The Bertz CT molecular complexity index is 1530. The van der Waals surface area contributed by atoms with Gasteiger partial charge in [0, 0.05) is 65.8 Å². The molecular formula is C28H25ClN4O4. The van der Waals surface area contributed by atoms with Crippen LogP contribution in [-0.4, -0.2) is 46.3 Å². The van der Waals surface area contributed by atoms with Crippen molar-refractivity contribution in [3.8, 4) is 11.5 Å². The largest absolute Gasteiger partial charge is 0.454 e. The summed E-state index contributed by atoms with van der Waals surface area (Å²) in [7, 11) is 0. The number of hydrogen-bond acceptors (Lipinski definition) is 7. The third kappa shape index (κ3) is 4.77. The lowest BCUT2D eigenvalue weighted by Gasteiger charge is -2.33. The molecule has 188 valence electrons. The smallest absolute Gasteiger partial charge is 0.265 e. The molecule has 0 unspecified atom stereocenters. The van der Waals surface area contributed by atoms with Crippen molar-refractivity contribution in [2.45, 2.75) is 25.4 Å². The Morgan fingerprint density at radius 2 is 1.78 bits per heavy atom. The molecule has 1 saturated heterocycles. The molecule has 1 fully saturated rings. The molecule has 37 heavy (non-hydrogen) atoms. The highest BCUT2D eigenvalue weighted by Gasteiger charge is 2.23. The number of ether oxygens (including phenoxy) is 2. The maximum atomic E-state index is 13.2. The first-order chi connectivity index (χ1) is 18.0. The lowest BCUT2D eigenvalue weighted by molar-refractivity contribution is 0.0961. The van der Waals surface area contributed by atoms with Crippen molar-refractivity contribution >= 4 is 34.1 Å². The van der Waals surface area contributed by atoms with E-state index in [1.807, 2.05) is 12.1 Å². The third-order valence-corrected chi connectivity index (χ3v) is 7.13. The van der Waals surface area contributed by atoms with E-state index in [9.17, 15) is 9.59 Å². The van der Waals surface area contributed by atoms with Gasteiger partial charge in [0.2, 0.25) is 6.79 Å². The summed E-state index contributed by atoms with van der Waals surface area (Å²) in [5.74, 6) is 1.20. The van der Waals surface area contributed by atoms with E-state index in [1.54, 1.807) is 30.3 Å². The molecule has 0 bridgehead atoms. The average molecular weight is 517 g/mol. The Morgan fingerprint density at radius 1 is 1.00 bits per heavy atom. The first-order valence-electron chi connectivity index (χ1n) is 12.2. The zero-order valence-electron chi connectivity index (χ0n) is 20.0. The van der Waals surface area contributed by atoms with Crippen LogP contribution in [0.1, 0.15) is 28.8 Å². The van der Waals surface area contributed by atoms with E-state index in [0.29, 0.717) is 21.8 Å². The number of pyridine rings is 2. The SMILES string of the molecule is O=C(c1ccncc1)n1c(=O)cc(NC2CCN(Cc3ccc4c(c3)OCO4)CC2)c2cc(Cl)ccc21. The number of hydrogen-bond donors (Lipinski definition) is 1. The van der Waals surface area contributed by atoms with Crippen LogP contribution in [0, 0.1) is 0 Å². The standard InChI is InChI=1S/C28H25ClN4O4/c29-20-2-3-24-22(14-20)23(15-27(34)33(24)28(35)19-5-9-30-10-6-19)31-21-7-11-32(12-8-21)16-18-1-4-25-26(13-18)37-17-36-25/h1-6,9-10,13-15,21,31H,7-8,11-12,16-17H2. The molecule has 0 saturated carbocycles. The van der Waals surface area contributed by atoms with Gasteiger partial charge >= 0.3 is 0 Å². The van der Waals surface area contributed by atoms with Gasteiger partial charge in [-0.1, -0.05) is 17.7 Å². The van der Waals surface area contributed by atoms with Gasteiger partial charge in [0.15, 0.2) is 11.5 Å². The number of carbonyl (C=O) groups excluding carboxylic acids is 1. The van der Waals surface area contributed by atoms with Crippen LogP contribution in [0.3, 0.4) is 0 Å². The van der Waals surface area contributed by atoms with Gasteiger partial charge in [0.1, 0.15) is 0 Å². The number of fused-ring (bicyclic) bond motifs is 2. The number of rotatable bonds is 5. The molecule has 4 heterocycles. The zero-order chi connectivity index (χ0) is 25.4. The van der Waals surface area contributed by atoms with Crippen LogP contribution in [0.15, 0.2) is 71.8 Å². The van der Waals surface area contributed by atoms with Gasteiger partial charge in [0.05, 0.1) is 5.52 Å². The van der Waals surface area contributed by atoms with Crippen LogP contribution in [0.25, 0.3) is 10.9 Å². The van der Waals surface area contributed by atoms with Crippen molar-refractivity contribution < 1.29 is 14.3 Å². The molecule has 2 aliphatic rings. The minimum Gasteiger partial charge on any atom is -0.454 e. The molecule has 0 amide bonds. The predicted molar refractivity (Wildman–Crippen MR) is 142 cm³/mol. The number of nitrogens with one attached hydrogen (secondary N) is 1. The van der Waals surface area contributed by atoms with Crippen LogP contribution in [-0.2, 0) is 6.54 Å². The molecule has 9 heteroatoms. The Labute approximate surface area is 218 Å². The summed E-state index contributed by atoms with van der Waals surface area (Å²) in [6, 6.07) is 16.2. The van der Waals surface area contributed by atoms with Crippen molar-refractivity contribution in [1.82, 2.24) is 14.5 Å². The summed E-state index contributed by atoms with van der Waals surface area (Å²) in [6.45, 7) is 2.96. The molecule has 0 atom stereocenters. The monoisotopic (exact) mass is 516 g/mol. The minimum atomic E-state index is -0.400. The molecular weight excluding hydrogens is 492 g/mol. The van der Waals surface area contributed by atoms with Crippen LogP contribution in [0.4, 0.5) is 5.69 Å². The topological polar surface area (TPSA) is 85.7 Å². The maximum Gasteiger partial charge on any atom is 0.265 e. The molecule has 2 aromatic heterocycles. The number of piperidine rings is 1. The zero-order valence-corrected chi connectivity index (χ0v) is 20.8. The van der Waals surface area contributed by atoms with Crippen molar-refractivity contribution in [2.75, 3.05) is 25.2 Å². The van der Waals surface area contributed by atoms with Crippen LogP contribution < -0.4 is 20.3 Å². The van der Waals surface area contributed by atoms with Crippen molar-refractivity contribution in [3.63, 3.8) is 0 Å². The molecule has 6 rings (SSSR count). The summed E-state index contributed by atoms with van der Waals surface area (Å²) in [4.78, 5) is 32.7. The van der Waals surface area contributed by atoms with Gasteiger partial charge in [-0.15, -0.1) is 0 Å². The third-order valence-electron chi connectivity index (χ3n) is 6.90. The van der Waals surface area contributed by atoms with Crippen molar-refractivity contribution in [2.24, 2.45) is 0 Å². The van der Waals surface area contributed by atoms with Gasteiger partial charge in [0.25, 0.3) is 11.5 Å². The van der Waals surface area contributed by atoms with Gasteiger partial charge in [-0.05, 0) is 60.9 Å². The number of halogens is 1. The van der Waals surface area contributed by atoms with E-state index in [-0.39, 0.29) is 18.4 Å². The van der Waals surface area contributed by atoms with Gasteiger partial charge < -0.3 is 14.8 Å². The molecule has 0 spiro atoms. The first-order valence-corrected chi connectivity index (χ1v) is 12.6. The van der Waals surface area contributed by atoms with Crippen molar-refractivity contribution in [1.29, 1.82) is 0 Å². The van der Waals surface area contributed by atoms with E-state index in [4.69, 9.17) is 21.1 Å². The average Bonchev–Trinajstić information content (AvgIpc) is 3.38. The summed E-state index contributed by atoms with van der Waals surface area (Å²) in [5, 5.41) is 4.83. The van der Waals surface area contributed by atoms with Crippen LogP contribution in [0.5, 0.6) is 11.5 Å². The molecule has 4 aromatic rings. The van der Waals surface area contributed by atoms with Crippen LogP contribution >= 0.6 is 11.6 Å². The maximum absolute atomic E-state index is 13.2. The van der Waals surface area contributed by atoms with Gasteiger partial charge in [-0.25, -0.2) is 4.57 Å². The summed E-state index contributed by atoms with van der Waals surface area (Å²) >= 11 is 6.32. The highest BCUT2D eigenvalue weighted by atomic mass is 35.5. The number of nitrogens with zero attached hydrogens (tertiary/aromatic N) is 3. The molecule has 8 nitrogen and oxygen atoms in total. The Morgan fingerprint density at radius 3 is 2.59 bits per heavy atom. The highest BCUT2D eigenvalue weighted by molar-refractivity contribution is 6.31. The lowest BCUT2D eigenvalue weighted by atomic mass is 10.0. The summed E-state index contributed by atoms with van der Waals surface area (Å²) in [6.07, 6.45) is 4.91. The van der Waals surface area contributed by atoms with E-state index in [2.05, 4.69) is 21.3 Å². The molecule has 2 aromatic carbocycles. The second-order valence-corrected chi connectivity index (χ2v) is 9.75. The molecule has 0 radical (unpaired) electrons. The van der Waals surface area contributed by atoms with Gasteiger partial charge in [-0.2, -0.15) is 0 Å². The predicted octanol–water partition coefficient (Wildman–Crippen LogP) is 4.54. The summed E-state index contributed by atoms with van der Waals surface area (Å²) in [5.41, 5.74) is 2.40. The fraction of sp³-hybridized carbons (Fsp3) is 0.250. The molecule has 2 aliphatic heterocycles. The van der Waals surface area contributed by atoms with E-state index in [0.717, 1.165) is 49.4 Å². The fourth-order valence-corrected chi connectivity index (χ4v) is 5.18. The summed E-state index contributed by atoms with van der Waals surface area (Å²) < 4.78 is 12.1. The minimum absolute atomic E-state index is 0.196. The van der Waals surface area contributed by atoms with Crippen molar-refractivity contribution in [3.05, 3.63) is 93.5 Å². The number of aromatic nitrogens is 2. The number of benzene rings is 2. The van der Waals surface area contributed by atoms with Gasteiger partial charge in [-0.3, -0.25) is 19.5 Å². The van der Waals surface area contributed by atoms with Crippen LogP contribution in [0.2, 0.25) is 5.02 Å². The van der Waals surface area contributed by atoms with E-state index in [1.165, 1.54) is 28.6 Å². The second kappa shape index (κ2) is 9.88. The normalized spacial score (nSPS) is 15.7. The Balaban J connectivity index is 1.20.